The van der Waals surface area contributed by atoms with Crippen LogP contribution in [0.5, 0.6) is 0 Å². The van der Waals surface area contributed by atoms with Crippen LogP contribution < -0.4 is 11.1 Å². The van der Waals surface area contributed by atoms with E-state index in [2.05, 4.69) is 15.3 Å². The van der Waals surface area contributed by atoms with E-state index in [1.807, 2.05) is 19.1 Å². The van der Waals surface area contributed by atoms with Gasteiger partial charge in [0.05, 0.1) is 0 Å². The first-order chi connectivity index (χ1) is 9.04. The smallest absolute Gasteiger partial charge is 0.251 e. The van der Waals surface area contributed by atoms with Crippen molar-refractivity contribution in [1.29, 1.82) is 0 Å². The lowest BCUT2D eigenvalue weighted by Gasteiger charge is -2.06. The summed E-state index contributed by atoms with van der Waals surface area (Å²) < 4.78 is 0. The molecular weight excluding hydrogens is 264 g/mol. The van der Waals surface area contributed by atoms with Crippen molar-refractivity contribution < 1.29 is 4.79 Å². The molecule has 1 amide bonds. The molecule has 2 heterocycles. The van der Waals surface area contributed by atoms with E-state index in [0.717, 1.165) is 11.3 Å². The molecule has 0 unspecified atom stereocenters. The lowest BCUT2D eigenvalue weighted by Crippen LogP contribution is -2.23. The molecule has 0 fully saturated rings. The quantitative estimate of drug-likeness (QED) is 0.840. The average molecular weight is 277 g/mol. The number of aryl methyl sites for hydroxylation is 1. The maximum Gasteiger partial charge on any atom is 0.251 e. The summed E-state index contributed by atoms with van der Waals surface area (Å²) in [6.07, 6.45) is 1.73. The van der Waals surface area contributed by atoms with E-state index in [0.29, 0.717) is 12.1 Å². The molecular formula is C13H13ClN4O. The van der Waals surface area contributed by atoms with Crippen LogP contribution in [0.3, 0.4) is 0 Å². The fraction of sp³-hybridized carbons (Fsp3) is 0.154. The molecule has 98 valence electrons. The predicted octanol–water partition coefficient (Wildman–Crippen LogP) is 1.95. The summed E-state index contributed by atoms with van der Waals surface area (Å²) in [5, 5.41) is 2.96. The van der Waals surface area contributed by atoms with Gasteiger partial charge in [-0.15, -0.1) is 0 Å². The molecule has 19 heavy (non-hydrogen) atoms. The normalized spacial score (nSPS) is 10.2. The number of pyridine rings is 2. The summed E-state index contributed by atoms with van der Waals surface area (Å²) in [6, 6.07) is 6.76. The maximum absolute atomic E-state index is 11.9. The lowest BCUT2D eigenvalue weighted by molar-refractivity contribution is 0.0951. The zero-order valence-electron chi connectivity index (χ0n) is 10.4. The molecule has 0 radical (unpaired) electrons. The Morgan fingerprint density at radius 1 is 1.42 bits per heavy atom. The van der Waals surface area contributed by atoms with Crippen molar-refractivity contribution in [2.75, 3.05) is 5.73 Å². The van der Waals surface area contributed by atoms with Gasteiger partial charge in [-0.25, -0.2) is 4.98 Å². The van der Waals surface area contributed by atoms with E-state index in [1.54, 1.807) is 6.20 Å². The van der Waals surface area contributed by atoms with Gasteiger partial charge < -0.3 is 11.1 Å². The van der Waals surface area contributed by atoms with Crippen molar-refractivity contribution >= 4 is 23.3 Å². The minimum Gasteiger partial charge on any atom is -0.384 e. The molecule has 3 N–H and O–H groups in total. The van der Waals surface area contributed by atoms with Crippen LogP contribution in [0.2, 0.25) is 5.15 Å². The van der Waals surface area contributed by atoms with Crippen LogP contribution in [0.25, 0.3) is 0 Å². The first-order valence-corrected chi connectivity index (χ1v) is 6.05. The highest BCUT2D eigenvalue weighted by Gasteiger charge is 2.08. The Morgan fingerprint density at radius 3 is 2.84 bits per heavy atom. The molecule has 0 bridgehead atoms. The zero-order valence-corrected chi connectivity index (χ0v) is 11.1. The monoisotopic (exact) mass is 276 g/mol. The highest BCUT2D eigenvalue weighted by molar-refractivity contribution is 6.29. The van der Waals surface area contributed by atoms with Crippen molar-refractivity contribution in [2.45, 2.75) is 13.5 Å². The van der Waals surface area contributed by atoms with Crippen molar-refractivity contribution in [3.05, 3.63) is 52.4 Å². The third-order valence-corrected chi connectivity index (χ3v) is 2.70. The van der Waals surface area contributed by atoms with E-state index in [1.165, 1.54) is 12.1 Å². The topological polar surface area (TPSA) is 80.9 Å². The van der Waals surface area contributed by atoms with Gasteiger partial charge in [0.1, 0.15) is 11.0 Å². The number of nitrogens with zero attached hydrogens (tertiary/aromatic N) is 2. The number of carbonyl (C=O) groups excluding carboxylic acids is 1. The number of carbonyl (C=O) groups is 1. The van der Waals surface area contributed by atoms with Gasteiger partial charge in [-0.05, 0) is 30.7 Å². The van der Waals surface area contributed by atoms with Crippen molar-refractivity contribution in [3.8, 4) is 0 Å². The van der Waals surface area contributed by atoms with Crippen LogP contribution in [0.15, 0.2) is 30.5 Å². The summed E-state index contributed by atoms with van der Waals surface area (Å²) in [7, 11) is 0. The van der Waals surface area contributed by atoms with Gasteiger partial charge in [-0.2, -0.15) is 0 Å². The summed E-state index contributed by atoms with van der Waals surface area (Å²) in [6.45, 7) is 2.30. The van der Waals surface area contributed by atoms with Crippen molar-refractivity contribution in [1.82, 2.24) is 15.3 Å². The maximum atomic E-state index is 11.9. The molecule has 0 aliphatic heterocycles. The van der Waals surface area contributed by atoms with Crippen LogP contribution in [0, 0.1) is 6.92 Å². The van der Waals surface area contributed by atoms with Crippen LogP contribution in [-0.4, -0.2) is 15.9 Å². The molecule has 2 aromatic heterocycles. The minimum atomic E-state index is -0.253. The zero-order chi connectivity index (χ0) is 13.8. The summed E-state index contributed by atoms with van der Waals surface area (Å²) in [4.78, 5) is 19.9. The molecule has 5 nitrogen and oxygen atoms in total. The van der Waals surface area contributed by atoms with Gasteiger partial charge in [-0.3, -0.25) is 9.78 Å². The second kappa shape index (κ2) is 5.67. The number of halogens is 1. The number of anilines is 1. The average Bonchev–Trinajstić information content (AvgIpc) is 2.36. The van der Waals surface area contributed by atoms with Gasteiger partial charge in [0, 0.05) is 24.0 Å². The number of aromatic nitrogens is 2. The minimum absolute atomic E-state index is 0.196. The number of hydrogen-bond acceptors (Lipinski definition) is 4. The van der Waals surface area contributed by atoms with Crippen LogP contribution in [0.4, 0.5) is 5.82 Å². The molecule has 0 saturated heterocycles. The van der Waals surface area contributed by atoms with Crippen LogP contribution in [0.1, 0.15) is 21.6 Å². The number of nitrogen functional groups attached to an aromatic ring is 1. The Bertz CT molecular complexity index is 578. The number of nitrogens with one attached hydrogen (secondary N) is 1. The largest absolute Gasteiger partial charge is 0.384 e. The van der Waals surface area contributed by atoms with Crippen molar-refractivity contribution in [3.63, 3.8) is 0 Å². The predicted molar refractivity (Wildman–Crippen MR) is 73.8 cm³/mol. The first kappa shape index (κ1) is 13.3. The fourth-order valence-corrected chi connectivity index (χ4v) is 1.75. The van der Waals surface area contributed by atoms with Gasteiger partial charge in [-0.1, -0.05) is 17.7 Å². The molecule has 2 rings (SSSR count). The third-order valence-electron chi connectivity index (χ3n) is 2.50. The second-order valence-electron chi connectivity index (χ2n) is 4.09. The van der Waals surface area contributed by atoms with Crippen molar-refractivity contribution in [2.24, 2.45) is 0 Å². The van der Waals surface area contributed by atoms with Gasteiger partial charge >= 0.3 is 0 Å². The van der Waals surface area contributed by atoms with Gasteiger partial charge in [0.2, 0.25) is 0 Å². The number of amides is 1. The Kier molecular flexibility index (Phi) is 3.97. The van der Waals surface area contributed by atoms with Gasteiger partial charge in [0.15, 0.2) is 0 Å². The highest BCUT2D eigenvalue weighted by atomic mass is 35.5. The standard InChI is InChI=1S/C13H13ClN4O/c1-8-2-3-9(6-16-8)7-17-13(19)10-4-11(14)18-12(15)5-10/h2-6H,7H2,1H3,(H2,15,18)(H,17,19). The fourth-order valence-electron chi connectivity index (χ4n) is 1.54. The van der Waals surface area contributed by atoms with E-state index >= 15 is 0 Å². The van der Waals surface area contributed by atoms with E-state index in [-0.39, 0.29) is 16.9 Å². The SMILES string of the molecule is Cc1ccc(CNC(=O)c2cc(N)nc(Cl)c2)cn1. The third kappa shape index (κ3) is 3.66. The molecule has 0 spiro atoms. The lowest BCUT2D eigenvalue weighted by atomic mass is 10.2. The van der Waals surface area contributed by atoms with E-state index in [4.69, 9.17) is 17.3 Å². The molecule has 2 aromatic rings. The molecule has 0 aliphatic carbocycles. The highest BCUT2D eigenvalue weighted by Crippen LogP contribution is 2.12. The Balaban J connectivity index is 2.03. The molecule has 6 heteroatoms. The molecule has 0 aromatic carbocycles. The van der Waals surface area contributed by atoms with Crippen LogP contribution in [-0.2, 0) is 6.54 Å². The molecule has 0 atom stereocenters. The number of rotatable bonds is 3. The van der Waals surface area contributed by atoms with Crippen LogP contribution >= 0.6 is 11.6 Å². The summed E-state index contributed by atoms with van der Waals surface area (Å²) in [5.41, 5.74) is 7.78. The van der Waals surface area contributed by atoms with Gasteiger partial charge in [0.25, 0.3) is 5.91 Å². The Morgan fingerprint density at radius 2 is 2.21 bits per heavy atom. The molecule has 0 saturated carbocycles. The number of hydrogen-bond donors (Lipinski definition) is 2. The first-order valence-electron chi connectivity index (χ1n) is 5.67. The summed E-state index contributed by atoms with van der Waals surface area (Å²) >= 11 is 5.75. The summed E-state index contributed by atoms with van der Waals surface area (Å²) in [5.74, 6) is -0.0359. The Hall–Kier alpha value is -2.14. The second-order valence-corrected chi connectivity index (χ2v) is 4.48. The number of nitrogens with two attached hydrogens (primary N) is 1. The Labute approximate surface area is 115 Å². The van der Waals surface area contributed by atoms with E-state index in [9.17, 15) is 4.79 Å². The van der Waals surface area contributed by atoms with E-state index < -0.39 is 0 Å². The molecule has 0 aliphatic rings.